The molecule has 1 amide bonds. The van der Waals surface area contributed by atoms with Gasteiger partial charge in [0.2, 0.25) is 0 Å². The number of piperidine rings is 1. The van der Waals surface area contributed by atoms with Crippen molar-refractivity contribution in [2.24, 2.45) is 0 Å². The van der Waals surface area contributed by atoms with Gasteiger partial charge in [0.1, 0.15) is 6.54 Å². The van der Waals surface area contributed by atoms with E-state index in [9.17, 15) is 9.90 Å². The molecule has 2 atom stereocenters. The van der Waals surface area contributed by atoms with Crippen LogP contribution in [0.2, 0.25) is 0 Å². The number of carbonyl (C=O) groups is 1. The van der Waals surface area contributed by atoms with Crippen molar-refractivity contribution in [1.82, 2.24) is 5.32 Å². The van der Waals surface area contributed by atoms with Crippen molar-refractivity contribution < 1.29 is 19.1 Å². The summed E-state index contributed by atoms with van der Waals surface area (Å²) in [6, 6.07) is 0.736. The van der Waals surface area contributed by atoms with Gasteiger partial charge in [0, 0.05) is 19.3 Å². The summed E-state index contributed by atoms with van der Waals surface area (Å²) in [7, 11) is 0. The highest BCUT2D eigenvalue weighted by Crippen LogP contribution is 2.30. The van der Waals surface area contributed by atoms with Gasteiger partial charge in [0.05, 0.1) is 18.1 Å². The molecule has 2 heterocycles. The van der Waals surface area contributed by atoms with E-state index in [0.29, 0.717) is 19.1 Å². The SMILES string of the molecule is CC(C)(C)[N+]1(C(=O)[O-])CCC[C@H](NC2CCOCC2)C1. The monoisotopic (exact) mass is 284 g/mol. The highest BCUT2D eigenvalue weighted by molar-refractivity contribution is 5.55. The Bertz CT molecular complexity index is 348. The summed E-state index contributed by atoms with van der Waals surface area (Å²) in [5.74, 6) is 0. The molecular formula is C15H28N2O3. The third-order valence-corrected chi connectivity index (χ3v) is 4.95. The van der Waals surface area contributed by atoms with Gasteiger partial charge in [-0.25, -0.2) is 0 Å². The maximum Gasteiger partial charge on any atom is 0.257 e. The first-order valence-electron chi connectivity index (χ1n) is 7.78. The zero-order valence-electron chi connectivity index (χ0n) is 13.0. The molecule has 2 aliphatic heterocycles. The summed E-state index contributed by atoms with van der Waals surface area (Å²) in [5, 5.41) is 15.4. The van der Waals surface area contributed by atoms with Crippen LogP contribution in [0.5, 0.6) is 0 Å². The molecule has 5 heteroatoms. The van der Waals surface area contributed by atoms with Crippen molar-refractivity contribution in [3.05, 3.63) is 0 Å². The quantitative estimate of drug-likeness (QED) is 0.765. The van der Waals surface area contributed by atoms with Gasteiger partial charge in [0.15, 0.2) is 0 Å². The molecule has 0 bridgehead atoms. The second-order valence-corrected chi connectivity index (χ2v) is 7.20. The van der Waals surface area contributed by atoms with E-state index in [1.807, 2.05) is 20.8 Å². The van der Waals surface area contributed by atoms with Crippen LogP contribution < -0.4 is 10.4 Å². The molecular weight excluding hydrogens is 256 g/mol. The van der Waals surface area contributed by atoms with Crippen molar-refractivity contribution >= 4 is 6.09 Å². The van der Waals surface area contributed by atoms with Gasteiger partial charge in [0.25, 0.3) is 6.09 Å². The number of nitrogens with one attached hydrogen (secondary N) is 1. The number of rotatable bonds is 2. The molecule has 20 heavy (non-hydrogen) atoms. The fourth-order valence-corrected chi connectivity index (χ4v) is 3.55. The molecule has 2 aliphatic rings. The first-order valence-corrected chi connectivity index (χ1v) is 7.78. The zero-order valence-corrected chi connectivity index (χ0v) is 13.0. The van der Waals surface area contributed by atoms with Gasteiger partial charge in [-0.15, -0.1) is 0 Å². The summed E-state index contributed by atoms with van der Waals surface area (Å²) < 4.78 is 5.44. The van der Waals surface area contributed by atoms with E-state index in [0.717, 1.165) is 38.9 Å². The van der Waals surface area contributed by atoms with E-state index in [4.69, 9.17) is 4.74 Å². The molecule has 1 unspecified atom stereocenters. The normalized spacial score (nSPS) is 33.0. The average molecular weight is 284 g/mol. The van der Waals surface area contributed by atoms with Gasteiger partial charge in [-0.2, -0.15) is 0 Å². The van der Waals surface area contributed by atoms with Crippen LogP contribution >= 0.6 is 0 Å². The molecule has 0 spiro atoms. The zero-order chi connectivity index (χ0) is 14.8. The third-order valence-electron chi connectivity index (χ3n) is 4.95. The Morgan fingerprint density at radius 2 is 1.85 bits per heavy atom. The van der Waals surface area contributed by atoms with E-state index in [1.165, 1.54) is 0 Å². The molecule has 0 saturated carbocycles. The lowest BCUT2D eigenvalue weighted by atomic mass is 9.93. The maximum atomic E-state index is 11.8. The van der Waals surface area contributed by atoms with Gasteiger partial charge >= 0.3 is 0 Å². The smallest absolute Gasteiger partial charge is 0.257 e. The lowest BCUT2D eigenvalue weighted by Crippen LogP contribution is -2.73. The van der Waals surface area contributed by atoms with Crippen molar-refractivity contribution in [2.75, 3.05) is 26.3 Å². The number of carbonyl (C=O) groups excluding carboxylic acids is 1. The van der Waals surface area contributed by atoms with Gasteiger partial charge in [-0.05, 0) is 46.5 Å². The lowest BCUT2D eigenvalue weighted by Gasteiger charge is -2.52. The van der Waals surface area contributed by atoms with E-state index in [2.05, 4.69) is 5.32 Å². The number of likely N-dealkylation sites (tertiary alicyclic amines) is 1. The Morgan fingerprint density at radius 1 is 1.20 bits per heavy atom. The summed E-state index contributed by atoms with van der Waals surface area (Å²) in [5.41, 5.74) is -0.325. The standard InChI is InChI=1S/C15H28N2O3/c1-15(2,3)17(14(18)19)8-4-5-13(11-17)16-12-6-9-20-10-7-12/h12-13,16H,4-11H2,1-3H3/t13-,17?/m0/s1. The van der Waals surface area contributed by atoms with Crippen molar-refractivity contribution in [3.63, 3.8) is 0 Å². The molecule has 116 valence electrons. The minimum atomic E-state index is -0.934. The first-order chi connectivity index (χ1) is 9.35. The van der Waals surface area contributed by atoms with Gasteiger partial charge in [-0.3, -0.25) is 4.48 Å². The van der Waals surface area contributed by atoms with Crippen molar-refractivity contribution in [3.8, 4) is 0 Å². The number of quaternary nitrogens is 1. The highest BCUT2D eigenvalue weighted by atomic mass is 16.5. The molecule has 2 fully saturated rings. The third kappa shape index (κ3) is 3.15. The Balaban J connectivity index is 2.04. The Hall–Kier alpha value is -0.650. The van der Waals surface area contributed by atoms with Crippen molar-refractivity contribution in [1.29, 1.82) is 0 Å². The molecule has 0 radical (unpaired) electrons. The summed E-state index contributed by atoms with van der Waals surface area (Å²) in [4.78, 5) is 11.8. The fraction of sp³-hybridized carbons (Fsp3) is 0.933. The first kappa shape index (κ1) is 15.7. The predicted octanol–water partition coefficient (Wildman–Crippen LogP) is 0.876. The molecule has 5 nitrogen and oxygen atoms in total. The van der Waals surface area contributed by atoms with E-state index < -0.39 is 6.09 Å². The minimum Gasteiger partial charge on any atom is -0.498 e. The number of carboxylic acid groups (broad SMARTS) is 1. The van der Waals surface area contributed by atoms with E-state index in [1.54, 1.807) is 0 Å². The average Bonchev–Trinajstić information content (AvgIpc) is 2.38. The number of hydrogen-bond acceptors (Lipinski definition) is 4. The molecule has 0 aromatic carbocycles. The van der Waals surface area contributed by atoms with Crippen LogP contribution in [-0.2, 0) is 4.74 Å². The number of hydrogen-bond donors (Lipinski definition) is 1. The summed E-state index contributed by atoms with van der Waals surface area (Å²) in [6.07, 6.45) is 3.11. The fourth-order valence-electron chi connectivity index (χ4n) is 3.55. The Kier molecular flexibility index (Phi) is 4.72. The van der Waals surface area contributed by atoms with Crippen LogP contribution in [0.25, 0.3) is 0 Å². The van der Waals surface area contributed by atoms with E-state index >= 15 is 0 Å². The Labute approximate surface area is 121 Å². The largest absolute Gasteiger partial charge is 0.498 e. The Morgan fingerprint density at radius 3 is 2.40 bits per heavy atom. The second-order valence-electron chi connectivity index (χ2n) is 7.20. The minimum absolute atomic E-state index is 0.0634. The van der Waals surface area contributed by atoms with Crippen molar-refractivity contribution in [2.45, 2.75) is 64.1 Å². The molecule has 0 aliphatic carbocycles. The van der Waals surface area contributed by atoms with Crippen LogP contribution in [-0.4, -0.2) is 54.5 Å². The second kappa shape index (κ2) is 6.00. The summed E-state index contributed by atoms with van der Waals surface area (Å²) >= 11 is 0. The molecule has 0 aromatic heterocycles. The van der Waals surface area contributed by atoms with Crippen LogP contribution in [0.15, 0.2) is 0 Å². The molecule has 0 aromatic rings. The molecule has 2 saturated heterocycles. The van der Waals surface area contributed by atoms with Gasteiger partial charge in [-0.1, -0.05) is 0 Å². The summed E-state index contributed by atoms with van der Waals surface area (Å²) in [6.45, 7) is 8.92. The maximum absolute atomic E-state index is 11.8. The molecule has 2 rings (SSSR count). The van der Waals surface area contributed by atoms with Crippen LogP contribution in [0, 0.1) is 0 Å². The number of nitrogens with zero attached hydrogens (tertiary/aromatic N) is 1. The van der Waals surface area contributed by atoms with Gasteiger partial charge < -0.3 is 20.0 Å². The number of ether oxygens (including phenoxy) is 1. The lowest BCUT2D eigenvalue weighted by molar-refractivity contribution is -0.924. The predicted molar refractivity (Wildman–Crippen MR) is 75.1 cm³/mol. The van der Waals surface area contributed by atoms with Crippen LogP contribution in [0.3, 0.4) is 0 Å². The van der Waals surface area contributed by atoms with E-state index in [-0.39, 0.29) is 16.1 Å². The highest BCUT2D eigenvalue weighted by Gasteiger charge is 2.46. The van der Waals surface area contributed by atoms with Crippen LogP contribution in [0.4, 0.5) is 4.79 Å². The van der Waals surface area contributed by atoms with Crippen LogP contribution in [0.1, 0.15) is 46.5 Å². The molecule has 1 N–H and O–H groups in total. The topological polar surface area (TPSA) is 61.4 Å². The number of amides is 1.